The zero-order chi connectivity index (χ0) is 17.9. The van der Waals surface area contributed by atoms with E-state index in [4.69, 9.17) is 9.72 Å². The first-order valence-electron chi connectivity index (χ1n) is 8.99. The molecule has 134 valence electrons. The van der Waals surface area contributed by atoms with E-state index in [0.29, 0.717) is 24.0 Å². The Morgan fingerprint density at radius 1 is 1.23 bits per heavy atom. The largest absolute Gasteiger partial charge is 0.477 e. The lowest BCUT2D eigenvalue weighted by Gasteiger charge is -2.31. The molecular formula is C20H21N3O2S. The van der Waals surface area contributed by atoms with E-state index in [0.717, 1.165) is 31.4 Å². The SMILES string of the molecule is CCOc1ncccc1C(=O)N1CCC(c2nc3ccccc3s2)CC1. The maximum absolute atomic E-state index is 12.9. The van der Waals surface area contributed by atoms with Crippen molar-refractivity contribution in [1.82, 2.24) is 14.9 Å². The van der Waals surface area contributed by atoms with Crippen LogP contribution in [-0.2, 0) is 0 Å². The summed E-state index contributed by atoms with van der Waals surface area (Å²) >= 11 is 1.77. The van der Waals surface area contributed by atoms with Gasteiger partial charge in [-0.05, 0) is 44.0 Å². The molecule has 6 heteroatoms. The number of carbonyl (C=O) groups excluding carboxylic acids is 1. The zero-order valence-corrected chi connectivity index (χ0v) is 15.5. The van der Waals surface area contributed by atoms with E-state index < -0.39 is 0 Å². The summed E-state index contributed by atoms with van der Waals surface area (Å²) in [6, 6.07) is 11.8. The lowest BCUT2D eigenvalue weighted by molar-refractivity contribution is 0.0708. The molecular weight excluding hydrogens is 346 g/mol. The Morgan fingerprint density at radius 2 is 2.04 bits per heavy atom. The molecule has 5 nitrogen and oxygen atoms in total. The van der Waals surface area contributed by atoms with Crippen molar-refractivity contribution >= 4 is 27.5 Å². The molecule has 1 aromatic carbocycles. The third-order valence-electron chi connectivity index (χ3n) is 4.72. The summed E-state index contributed by atoms with van der Waals surface area (Å²) < 4.78 is 6.74. The summed E-state index contributed by atoms with van der Waals surface area (Å²) in [7, 11) is 0. The number of amides is 1. The number of para-hydroxylation sites is 1. The van der Waals surface area contributed by atoms with Crippen molar-refractivity contribution in [3.63, 3.8) is 0 Å². The van der Waals surface area contributed by atoms with Crippen LogP contribution in [0.5, 0.6) is 5.88 Å². The van der Waals surface area contributed by atoms with Crippen molar-refractivity contribution in [3.05, 3.63) is 53.2 Å². The van der Waals surface area contributed by atoms with Crippen LogP contribution in [0.1, 0.15) is 41.0 Å². The Labute approximate surface area is 156 Å². The van der Waals surface area contributed by atoms with Crippen molar-refractivity contribution in [3.8, 4) is 5.88 Å². The molecule has 0 spiro atoms. The molecule has 1 saturated heterocycles. The molecule has 0 radical (unpaired) electrons. The first-order valence-corrected chi connectivity index (χ1v) is 9.80. The summed E-state index contributed by atoms with van der Waals surface area (Å²) in [4.78, 5) is 23.8. The molecule has 0 unspecified atom stereocenters. The number of fused-ring (bicyclic) bond motifs is 1. The second-order valence-corrected chi connectivity index (χ2v) is 7.44. The molecule has 2 aromatic heterocycles. The van der Waals surface area contributed by atoms with Gasteiger partial charge >= 0.3 is 0 Å². The first kappa shape index (κ1) is 17.0. The average molecular weight is 367 g/mol. The number of benzene rings is 1. The average Bonchev–Trinajstić information content (AvgIpc) is 3.12. The highest BCUT2D eigenvalue weighted by Crippen LogP contribution is 2.34. The normalized spacial score (nSPS) is 15.3. The topological polar surface area (TPSA) is 55.3 Å². The van der Waals surface area contributed by atoms with Gasteiger partial charge < -0.3 is 9.64 Å². The third-order valence-corrected chi connectivity index (χ3v) is 5.92. The number of aromatic nitrogens is 2. The molecule has 0 bridgehead atoms. The van der Waals surface area contributed by atoms with E-state index in [9.17, 15) is 4.79 Å². The summed E-state index contributed by atoms with van der Waals surface area (Å²) in [6.45, 7) is 3.86. The van der Waals surface area contributed by atoms with Crippen LogP contribution in [0.2, 0.25) is 0 Å². The molecule has 0 saturated carbocycles. The lowest BCUT2D eigenvalue weighted by Crippen LogP contribution is -2.38. The van der Waals surface area contributed by atoms with Crippen LogP contribution in [0.4, 0.5) is 0 Å². The van der Waals surface area contributed by atoms with Crippen molar-refractivity contribution in [1.29, 1.82) is 0 Å². The summed E-state index contributed by atoms with van der Waals surface area (Å²) in [5.74, 6) is 0.856. The molecule has 0 N–H and O–H groups in total. The van der Waals surface area contributed by atoms with E-state index in [-0.39, 0.29) is 5.91 Å². The van der Waals surface area contributed by atoms with E-state index >= 15 is 0 Å². The quantitative estimate of drug-likeness (QED) is 0.696. The molecule has 4 rings (SSSR count). The Hall–Kier alpha value is -2.47. The van der Waals surface area contributed by atoms with Gasteiger partial charge in [0.2, 0.25) is 5.88 Å². The van der Waals surface area contributed by atoms with Crippen molar-refractivity contribution in [2.24, 2.45) is 0 Å². The Balaban J connectivity index is 1.45. The first-order chi connectivity index (χ1) is 12.8. The number of thiazole rings is 1. The van der Waals surface area contributed by atoms with Crippen LogP contribution >= 0.6 is 11.3 Å². The predicted molar refractivity (Wildman–Crippen MR) is 103 cm³/mol. The molecule has 0 atom stereocenters. The van der Waals surface area contributed by atoms with Gasteiger partial charge in [0.15, 0.2) is 0 Å². The summed E-state index contributed by atoms with van der Waals surface area (Å²) in [6.07, 6.45) is 3.53. The van der Waals surface area contributed by atoms with Crippen molar-refractivity contribution in [2.45, 2.75) is 25.7 Å². The van der Waals surface area contributed by atoms with Crippen molar-refractivity contribution in [2.75, 3.05) is 19.7 Å². The molecule has 26 heavy (non-hydrogen) atoms. The highest BCUT2D eigenvalue weighted by molar-refractivity contribution is 7.18. The molecule has 3 heterocycles. The van der Waals surface area contributed by atoms with Gasteiger partial charge in [0.25, 0.3) is 5.91 Å². The van der Waals surface area contributed by atoms with Gasteiger partial charge in [0.05, 0.1) is 21.8 Å². The maximum Gasteiger partial charge on any atom is 0.259 e. The second-order valence-electron chi connectivity index (χ2n) is 6.38. The van der Waals surface area contributed by atoms with Crippen LogP contribution in [0.15, 0.2) is 42.6 Å². The number of ether oxygens (including phenoxy) is 1. The monoisotopic (exact) mass is 367 g/mol. The van der Waals surface area contributed by atoms with Crippen molar-refractivity contribution < 1.29 is 9.53 Å². The van der Waals surface area contributed by atoms with Gasteiger partial charge in [-0.15, -0.1) is 11.3 Å². The number of nitrogens with zero attached hydrogens (tertiary/aromatic N) is 3. The van der Waals surface area contributed by atoms with Gasteiger partial charge in [-0.3, -0.25) is 4.79 Å². The number of likely N-dealkylation sites (tertiary alicyclic amines) is 1. The molecule has 1 aliphatic rings. The van der Waals surface area contributed by atoms with E-state index in [1.807, 2.05) is 17.9 Å². The molecule has 0 aliphatic carbocycles. The van der Waals surface area contributed by atoms with Gasteiger partial charge in [0.1, 0.15) is 5.56 Å². The Bertz CT molecular complexity index is 883. The third kappa shape index (κ3) is 3.29. The molecule has 1 amide bonds. The van der Waals surface area contributed by atoms with E-state index in [1.165, 1.54) is 9.71 Å². The highest BCUT2D eigenvalue weighted by Gasteiger charge is 2.28. The maximum atomic E-state index is 12.9. The fraction of sp³-hybridized carbons (Fsp3) is 0.350. The minimum atomic E-state index is 0.00398. The minimum Gasteiger partial charge on any atom is -0.477 e. The van der Waals surface area contributed by atoms with Crippen LogP contribution < -0.4 is 4.74 Å². The van der Waals surface area contributed by atoms with Gasteiger partial charge in [-0.25, -0.2) is 9.97 Å². The smallest absolute Gasteiger partial charge is 0.259 e. The number of carbonyl (C=O) groups is 1. The van der Waals surface area contributed by atoms with Crippen LogP contribution in [0.25, 0.3) is 10.2 Å². The van der Waals surface area contributed by atoms with Gasteiger partial charge in [0, 0.05) is 25.2 Å². The summed E-state index contributed by atoms with van der Waals surface area (Å²) in [5, 5.41) is 1.19. The van der Waals surface area contributed by atoms with Crippen LogP contribution in [0, 0.1) is 0 Å². The van der Waals surface area contributed by atoms with Crippen LogP contribution in [-0.4, -0.2) is 40.5 Å². The van der Waals surface area contributed by atoms with Gasteiger partial charge in [-0.2, -0.15) is 0 Å². The number of pyridine rings is 1. The fourth-order valence-corrected chi connectivity index (χ4v) is 4.51. The Kier molecular flexibility index (Phi) is 4.84. The number of rotatable bonds is 4. The molecule has 3 aromatic rings. The van der Waals surface area contributed by atoms with E-state index in [1.54, 1.807) is 29.7 Å². The number of piperidine rings is 1. The van der Waals surface area contributed by atoms with Gasteiger partial charge in [-0.1, -0.05) is 12.1 Å². The van der Waals surface area contributed by atoms with Crippen LogP contribution in [0.3, 0.4) is 0 Å². The standard InChI is InChI=1S/C20H21N3O2S/c1-2-25-18-15(6-5-11-21-18)20(24)23-12-9-14(10-13-23)19-22-16-7-3-4-8-17(16)26-19/h3-8,11,14H,2,9-10,12-13H2,1H3. The fourth-order valence-electron chi connectivity index (χ4n) is 3.37. The minimum absolute atomic E-state index is 0.00398. The summed E-state index contributed by atoms with van der Waals surface area (Å²) in [5.41, 5.74) is 1.62. The predicted octanol–water partition coefficient (Wildman–Crippen LogP) is 4.11. The second kappa shape index (κ2) is 7.41. The molecule has 1 aliphatic heterocycles. The molecule has 1 fully saturated rings. The highest BCUT2D eigenvalue weighted by atomic mass is 32.1. The lowest BCUT2D eigenvalue weighted by atomic mass is 9.97. The van der Waals surface area contributed by atoms with E-state index in [2.05, 4.69) is 23.2 Å². The number of hydrogen-bond acceptors (Lipinski definition) is 5. The Morgan fingerprint density at radius 3 is 2.81 bits per heavy atom. The zero-order valence-electron chi connectivity index (χ0n) is 14.7. The number of hydrogen-bond donors (Lipinski definition) is 0.